The summed E-state index contributed by atoms with van der Waals surface area (Å²) in [7, 11) is 1.45. The van der Waals surface area contributed by atoms with E-state index in [1.165, 1.54) is 13.2 Å². The van der Waals surface area contributed by atoms with Crippen molar-refractivity contribution in [2.75, 3.05) is 12.4 Å². The van der Waals surface area contributed by atoms with Crippen molar-refractivity contribution in [1.29, 1.82) is 0 Å². The van der Waals surface area contributed by atoms with Crippen molar-refractivity contribution in [1.82, 2.24) is 4.98 Å². The van der Waals surface area contributed by atoms with E-state index in [0.29, 0.717) is 12.2 Å². The van der Waals surface area contributed by atoms with E-state index in [4.69, 9.17) is 4.74 Å². The Kier molecular flexibility index (Phi) is 3.77. The minimum Gasteiger partial charge on any atom is -0.494 e. The topological polar surface area (TPSA) is 34.1 Å². The van der Waals surface area contributed by atoms with Gasteiger partial charge in [-0.15, -0.1) is 0 Å². The van der Waals surface area contributed by atoms with E-state index in [1.807, 2.05) is 25.3 Å². The maximum atomic E-state index is 13.5. The fourth-order valence-corrected chi connectivity index (χ4v) is 1.58. The van der Waals surface area contributed by atoms with Crippen LogP contribution in [0.2, 0.25) is 0 Å². The smallest absolute Gasteiger partial charge is 0.167 e. The quantitative estimate of drug-likeness (QED) is 0.899. The van der Waals surface area contributed by atoms with Crippen LogP contribution in [0.5, 0.6) is 5.75 Å². The van der Waals surface area contributed by atoms with Crippen molar-refractivity contribution in [2.24, 2.45) is 0 Å². The number of ether oxygens (including phenoxy) is 1. The molecule has 1 heterocycles. The van der Waals surface area contributed by atoms with Crippen LogP contribution in [0.4, 0.5) is 10.1 Å². The Morgan fingerprint density at radius 1 is 1.28 bits per heavy atom. The minimum atomic E-state index is -0.371. The molecule has 2 rings (SSSR count). The monoisotopic (exact) mass is 246 g/mol. The molecule has 1 aromatic heterocycles. The fraction of sp³-hybridized carbons (Fsp3) is 0.214. The van der Waals surface area contributed by atoms with Crippen molar-refractivity contribution < 1.29 is 9.13 Å². The Bertz CT molecular complexity index is 526. The molecular weight excluding hydrogens is 231 g/mol. The zero-order valence-electron chi connectivity index (χ0n) is 10.4. The van der Waals surface area contributed by atoms with Crippen LogP contribution in [0.25, 0.3) is 0 Å². The van der Waals surface area contributed by atoms with Crippen molar-refractivity contribution in [3.05, 3.63) is 53.6 Å². The first-order valence-electron chi connectivity index (χ1n) is 5.68. The highest BCUT2D eigenvalue weighted by atomic mass is 19.1. The molecule has 4 heteroatoms. The SMILES string of the molecule is COc1ccc(NCc2ccc(C)nc2)cc1F. The third kappa shape index (κ3) is 2.97. The molecular formula is C14H15FN2O. The van der Waals surface area contributed by atoms with Crippen LogP contribution < -0.4 is 10.1 Å². The summed E-state index contributed by atoms with van der Waals surface area (Å²) in [6.07, 6.45) is 1.81. The average Bonchev–Trinajstić information content (AvgIpc) is 2.38. The van der Waals surface area contributed by atoms with E-state index in [1.54, 1.807) is 12.1 Å². The van der Waals surface area contributed by atoms with Gasteiger partial charge in [-0.1, -0.05) is 6.07 Å². The number of hydrogen-bond acceptors (Lipinski definition) is 3. The Morgan fingerprint density at radius 2 is 2.11 bits per heavy atom. The molecule has 0 atom stereocenters. The highest BCUT2D eigenvalue weighted by Crippen LogP contribution is 2.20. The molecule has 0 fully saturated rings. The molecule has 0 aliphatic carbocycles. The molecule has 0 saturated carbocycles. The number of aryl methyl sites for hydroxylation is 1. The largest absolute Gasteiger partial charge is 0.494 e. The zero-order chi connectivity index (χ0) is 13.0. The maximum Gasteiger partial charge on any atom is 0.167 e. The molecule has 0 amide bonds. The van der Waals surface area contributed by atoms with Crippen LogP contribution in [0.1, 0.15) is 11.3 Å². The second-order valence-electron chi connectivity index (χ2n) is 4.01. The van der Waals surface area contributed by atoms with E-state index in [-0.39, 0.29) is 11.6 Å². The number of benzene rings is 1. The lowest BCUT2D eigenvalue weighted by molar-refractivity contribution is 0.386. The number of rotatable bonds is 4. The molecule has 0 aliphatic rings. The normalized spacial score (nSPS) is 10.2. The molecule has 18 heavy (non-hydrogen) atoms. The van der Waals surface area contributed by atoms with Crippen LogP contribution in [0.15, 0.2) is 36.5 Å². The summed E-state index contributed by atoms with van der Waals surface area (Å²) in [4.78, 5) is 4.20. The van der Waals surface area contributed by atoms with Gasteiger partial charge in [-0.05, 0) is 30.7 Å². The molecule has 3 nitrogen and oxygen atoms in total. The van der Waals surface area contributed by atoms with Crippen LogP contribution in [-0.2, 0) is 6.54 Å². The first-order valence-corrected chi connectivity index (χ1v) is 5.68. The summed E-state index contributed by atoms with van der Waals surface area (Å²) in [6.45, 7) is 2.55. The predicted molar refractivity (Wildman–Crippen MR) is 69.3 cm³/mol. The third-order valence-electron chi connectivity index (χ3n) is 2.62. The lowest BCUT2D eigenvalue weighted by Gasteiger charge is -2.08. The van der Waals surface area contributed by atoms with Gasteiger partial charge in [0.1, 0.15) is 0 Å². The minimum absolute atomic E-state index is 0.248. The summed E-state index contributed by atoms with van der Waals surface area (Å²) >= 11 is 0. The number of hydrogen-bond donors (Lipinski definition) is 1. The molecule has 0 aliphatic heterocycles. The van der Waals surface area contributed by atoms with E-state index in [9.17, 15) is 4.39 Å². The van der Waals surface area contributed by atoms with Gasteiger partial charge in [0.15, 0.2) is 11.6 Å². The second kappa shape index (κ2) is 5.49. The standard InChI is InChI=1S/C14H15FN2O/c1-10-3-4-11(8-16-10)9-17-12-5-6-14(18-2)13(15)7-12/h3-8,17H,9H2,1-2H3. The van der Waals surface area contributed by atoms with Crippen LogP contribution >= 0.6 is 0 Å². The molecule has 1 N–H and O–H groups in total. The molecule has 0 unspecified atom stereocenters. The van der Waals surface area contributed by atoms with E-state index >= 15 is 0 Å². The van der Waals surface area contributed by atoms with Crippen LogP contribution in [0, 0.1) is 12.7 Å². The Balaban J connectivity index is 2.02. The Hall–Kier alpha value is -2.10. The summed E-state index contributed by atoms with van der Waals surface area (Å²) in [6, 6.07) is 8.75. The molecule has 0 spiro atoms. The van der Waals surface area contributed by atoms with Crippen molar-refractivity contribution in [2.45, 2.75) is 13.5 Å². The molecule has 0 radical (unpaired) electrons. The van der Waals surface area contributed by atoms with Gasteiger partial charge in [0.2, 0.25) is 0 Å². The Morgan fingerprint density at radius 3 is 2.72 bits per heavy atom. The van der Waals surface area contributed by atoms with Gasteiger partial charge in [0.05, 0.1) is 7.11 Å². The average molecular weight is 246 g/mol. The molecule has 94 valence electrons. The van der Waals surface area contributed by atoms with Crippen LogP contribution in [-0.4, -0.2) is 12.1 Å². The molecule has 2 aromatic rings. The summed E-state index contributed by atoms with van der Waals surface area (Å²) < 4.78 is 18.3. The lowest BCUT2D eigenvalue weighted by Crippen LogP contribution is -2.01. The first kappa shape index (κ1) is 12.4. The van der Waals surface area contributed by atoms with Crippen molar-refractivity contribution in [3.8, 4) is 5.75 Å². The fourth-order valence-electron chi connectivity index (χ4n) is 1.58. The summed E-state index contributed by atoms with van der Waals surface area (Å²) in [5, 5.41) is 3.14. The van der Waals surface area contributed by atoms with E-state index < -0.39 is 0 Å². The number of nitrogens with one attached hydrogen (secondary N) is 1. The number of halogens is 1. The number of nitrogens with zero attached hydrogens (tertiary/aromatic N) is 1. The van der Waals surface area contributed by atoms with Gasteiger partial charge in [-0.25, -0.2) is 4.39 Å². The van der Waals surface area contributed by atoms with Gasteiger partial charge in [0.25, 0.3) is 0 Å². The van der Waals surface area contributed by atoms with Crippen molar-refractivity contribution >= 4 is 5.69 Å². The maximum absolute atomic E-state index is 13.5. The first-order chi connectivity index (χ1) is 8.69. The number of aromatic nitrogens is 1. The van der Waals surface area contributed by atoms with Gasteiger partial charge < -0.3 is 10.1 Å². The van der Waals surface area contributed by atoms with Gasteiger partial charge in [-0.2, -0.15) is 0 Å². The summed E-state index contributed by atoms with van der Waals surface area (Å²) in [5.41, 5.74) is 2.75. The van der Waals surface area contributed by atoms with Gasteiger partial charge in [-0.3, -0.25) is 4.98 Å². The van der Waals surface area contributed by atoms with Crippen molar-refractivity contribution in [3.63, 3.8) is 0 Å². The molecule has 0 bridgehead atoms. The molecule has 0 saturated heterocycles. The zero-order valence-corrected chi connectivity index (χ0v) is 10.4. The van der Waals surface area contributed by atoms with Crippen LogP contribution in [0.3, 0.4) is 0 Å². The number of methoxy groups -OCH3 is 1. The summed E-state index contributed by atoms with van der Waals surface area (Å²) in [5.74, 6) is -0.123. The molecule has 1 aromatic carbocycles. The number of pyridine rings is 1. The Labute approximate surface area is 106 Å². The second-order valence-corrected chi connectivity index (χ2v) is 4.01. The lowest BCUT2D eigenvalue weighted by atomic mass is 10.2. The highest BCUT2D eigenvalue weighted by Gasteiger charge is 2.03. The van der Waals surface area contributed by atoms with Gasteiger partial charge >= 0.3 is 0 Å². The third-order valence-corrected chi connectivity index (χ3v) is 2.62. The number of anilines is 1. The van der Waals surface area contributed by atoms with E-state index in [0.717, 1.165) is 11.3 Å². The van der Waals surface area contributed by atoms with E-state index in [2.05, 4.69) is 10.3 Å². The highest BCUT2D eigenvalue weighted by molar-refractivity contribution is 5.47. The van der Waals surface area contributed by atoms with Gasteiger partial charge in [0, 0.05) is 30.2 Å². The predicted octanol–water partition coefficient (Wildman–Crippen LogP) is 3.15.